The van der Waals surface area contributed by atoms with Crippen LogP contribution >= 0.6 is 11.8 Å². The predicted molar refractivity (Wildman–Crippen MR) is 134 cm³/mol. The number of hydrogen-bond donors (Lipinski definition) is 0. The topological polar surface area (TPSA) is 77.4 Å². The molecule has 2 aromatic carbocycles. The normalized spacial score (nSPS) is 14.6. The SMILES string of the molecule is CCCCSc1nnc2c(n1)OC(c1ccccc1OCC)N(C(C)=O)c1ccc(CC)cc1-2. The summed E-state index contributed by atoms with van der Waals surface area (Å²) in [4.78, 5) is 19.4. The van der Waals surface area contributed by atoms with E-state index >= 15 is 0 Å². The largest absolute Gasteiger partial charge is 0.493 e. The Morgan fingerprint density at radius 2 is 1.97 bits per heavy atom. The number of carbonyl (C=O) groups excluding carboxylic acids is 1. The third-order valence-electron chi connectivity index (χ3n) is 5.63. The fourth-order valence-corrected chi connectivity index (χ4v) is 4.78. The Hall–Kier alpha value is -3.13. The van der Waals surface area contributed by atoms with Crippen molar-refractivity contribution in [1.29, 1.82) is 0 Å². The molecule has 0 aliphatic carbocycles. The molecule has 0 saturated carbocycles. The van der Waals surface area contributed by atoms with Gasteiger partial charge in [-0.3, -0.25) is 9.69 Å². The molecule has 1 aliphatic rings. The van der Waals surface area contributed by atoms with Crippen molar-refractivity contribution >= 4 is 23.4 Å². The van der Waals surface area contributed by atoms with E-state index in [0.717, 1.165) is 41.7 Å². The maximum absolute atomic E-state index is 13.1. The number of aromatic nitrogens is 3. The number of unbranched alkanes of at least 4 members (excludes halogenated alkanes) is 1. The summed E-state index contributed by atoms with van der Waals surface area (Å²) >= 11 is 1.56. The molecule has 7 nitrogen and oxygen atoms in total. The van der Waals surface area contributed by atoms with Gasteiger partial charge < -0.3 is 9.47 Å². The molecule has 1 aromatic heterocycles. The van der Waals surface area contributed by atoms with Gasteiger partial charge in [0.1, 0.15) is 5.75 Å². The number of fused-ring (bicyclic) bond motifs is 3. The molecule has 0 bridgehead atoms. The molecular formula is C26H30N4O3S. The Kier molecular flexibility index (Phi) is 7.67. The molecule has 4 rings (SSSR count). The molecule has 0 saturated heterocycles. The summed E-state index contributed by atoms with van der Waals surface area (Å²) in [5, 5.41) is 9.46. The molecule has 1 unspecified atom stereocenters. The lowest BCUT2D eigenvalue weighted by molar-refractivity contribution is -0.118. The number of ether oxygens (including phenoxy) is 2. The summed E-state index contributed by atoms with van der Waals surface area (Å²) in [5.41, 5.74) is 3.90. The minimum atomic E-state index is -0.766. The van der Waals surface area contributed by atoms with Crippen molar-refractivity contribution in [3.8, 4) is 22.9 Å². The highest BCUT2D eigenvalue weighted by molar-refractivity contribution is 7.99. The summed E-state index contributed by atoms with van der Waals surface area (Å²) in [6.07, 6.45) is 2.25. The van der Waals surface area contributed by atoms with Crippen molar-refractivity contribution in [2.24, 2.45) is 0 Å². The van der Waals surface area contributed by atoms with Crippen LogP contribution in [0.4, 0.5) is 5.69 Å². The number of nitrogens with zero attached hydrogens (tertiary/aromatic N) is 4. The standard InChI is InChI=1S/C26H30N4O3S/c1-5-8-15-34-26-27-24-23(28-29-26)20-16-18(6-2)13-14-21(20)30(17(4)31)25(33-24)19-11-9-10-12-22(19)32-7-3/h9-14,16,25H,5-8,15H2,1-4H3. The highest BCUT2D eigenvalue weighted by Gasteiger charge is 2.36. The molecule has 1 aliphatic heterocycles. The molecule has 34 heavy (non-hydrogen) atoms. The van der Waals surface area contributed by atoms with Crippen LogP contribution < -0.4 is 14.4 Å². The van der Waals surface area contributed by atoms with Gasteiger partial charge in [-0.05, 0) is 49.6 Å². The second-order valence-electron chi connectivity index (χ2n) is 7.99. The first-order valence-corrected chi connectivity index (χ1v) is 12.7. The average molecular weight is 479 g/mol. The predicted octanol–water partition coefficient (Wildman–Crippen LogP) is 5.84. The van der Waals surface area contributed by atoms with Gasteiger partial charge in [0.15, 0.2) is 5.69 Å². The van der Waals surface area contributed by atoms with E-state index in [1.165, 1.54) is 6.92 Å². The fourth-order valence-electron chi connectivity index (χ4n) is 3.91. The Morgan fingerprint density at radius 1 is 1.15 bits per heavy atom. The van der Waals surface area contributed by atoms with Crippen LogP contribution in [-0.4, -0.2) is 33.4 Å². The molecule has 178 valence electrons. The van der Waals surface area contributed by atoms with Gasteiger partial charge in [0, 0.05) is 18.2 Å². The molecule has 0 fully saturated rings. The third kappa shape index (κ3) is 4.87. The zero-order valence-corrected chi connectivity index (χ0v) is 20.9. The molecule has 1 amide bonds. The second kappa shape index (κ2) is 10.9. The minimum Gasteiger partial charge on any atom is -0.493 e. The van der Waals surface area contributed by atoms with Crippen LogP contribution in [0.25, 0.3) is 11.3 Å². The van der Waals surface area contributed by atoms with E-state index in [0.29, 0.717) is 34.8 Å². The summed E-state index contributed by atoms with van der Waals surface area (Å²) in [6.45, 7) is 8.22. The quantitative estimate of drug-likeness (QED) is 0.297. The van der Waals surface area contributed by atoms with E-state index in [1.54, 1.807) is 16.7 Å². The maximum atomic E-state index is 13.1. The van der Waals surface area contributed by atoms with Crippen molar-refractivity contribution in [3.63, 3.8) is 0 Å². The third-order valence-corrected chi connectivity index (χ3v) is 6.55. The van der Waals surface area contributed by atoms with E-state index in [4.69, 9.17) is 14.5 Å². The van der Waals surface area contributed by atoms with Gasteiger partial charge in [-0.15, -0.1) is 10.2 Å². The van der Waals surface area contributed by atoms with Crippen molar-refractivity contribution < 1.29 is 14.3 Å². The van der Waals surface area contributed by atoms with Crippen LogP contribution in [0.3, 0.4) is 0 Å². The van der Waals surface area contributed by atoms with E-state index < -0.39 is 6.23 Å². The zero-order valence-electron chi connectivity index (χ0n) is 20.1. The van der Waals surface area contributed by atoms with Crippen molar-refractivity contribution in [2.75, 3.05) is 17.3 Å². The van der Waals surface area contributed by atoms with Crippen LogP contribution in [0.15, 0.2) is 47.6 Å². The Balaban J connectivity index is 1.91. The first-order chi connectivity index (χ1) is 16.6. The highest BCUT2D eigenvalue weighted by Crippen LogP contribution is 2.45. The van der Waals surface area contributed by atoms with Gasteiger partial charge in [0.2, 0.25) is 23.2 Å². The fraction of sp³-hybridized carbons (Fsp3) is 0.385. The summed E-state index contributed by atoms with van der Waals surface area (Å²) < 4.78 is 12.4. The Bertz CT molecular complexity index is 1170. The number of hydrogen-bond acceptors (Lipinski definition) is 7. The number of benzene rings is 2. The van der Waals surface area contributed by atoms with Crippen LogP contribution in [0, 0.1) is 0 Å². The van der Waals surface area contributed by atoms with E-state index in [1.807, 2.05) is 49.4 Å². The molecule has 8 heteroatoms. The number of para-hydroxylation sites is 1. The lowest BCUT2D eigenvalue weighted by Crippen LogP contribution is -2.36. The highest BCUT2D eigenvalue weighted by atomic mass is 32.2. The van der Waals surface area contributed by atoms with Gasteiger partial charge in [-0.25, -0.2) is 0 Å². The lowest BCUT2D eigenvalue weighted by Gasteiger charge is -2.31. The van der Waals surface area contributed by atoms with Crippen molar-refractivity contribution in [1.82, 2.24) is 15.2 Å². The van der Waals surface area contributed by atoms with Gasteiger partial charge >= 0.3 is 0 Å². The maximum Gasteiger partial charge on any atom is 0.247 e. The molecule has 0 spiro atoms. The number of carbonyl (C=O) groups is 1. The van der Waals surface area contributed by atoms with E-state index in [2.05, 4.69) is 24.0 Å². The van der Waals surface area contributed by atoms with Crippen LogP contribution in [0.1, 0.15) is 57.9 Å². The summed E-state index contributed by atoms with van der Waals surface area (Å²) in [7, 11) is 0. The molecule has 3 aromatic rings. The number of rotatable bonds is 8. The van der Waals surface area contributed by atoms with Gasteiger partial charge in [0.25, 0.3) is 0 Å². The smallest absolute Gasteiger partial charge is 0.247 e. The Morgan fingerprint density at radius 3 is 2.71 bits per heavy atom. The summed E-state index contributed by atoms with van der Waals surface area (Å²) in [6, 6.07) is 13.7. The molecule has 1 atom stereocenters. The number of anilines is 1. The van der Waals surface area contributed by atoms with Gasteiger partial charge in [-0.1, -0.05) is 50.2 Å². The zero-order chi connectivity index (χ0) is 24.1. The summed E-state index contributed by atoms with van der Waals surface area (Å²) in [5.74, 6) is 1.78. The van der Waals surface area contributed by atoms with Crippen LogP contribution in [0.5, 0.6) is 11.6 Å². The van der Waals surface area contributed by atoms with Crippen LogP contribution in [0.2, 0.25) is 0 Å². The van der Waals surface area contributed by atoms with Gasteiger partial charge in [-0.2, -0.15) is 4.98 Å². The van der Waals surface area contributed by atoms with Crippen molar-refractivity contribution in [2.45, 2.75) is 58.3 Å². The molecular weight excluding hydrogens is 448 g/mol. The monoisotopic (exact) mass is 478 g/mol. The molecule has 0 radical (unpaired) electrons. The van der Waals surface area contributed by atoms with Crippen molar-refractivity contribution in [3.05, 3.63) is 53.6 Å². The van der Waals surface area contributed by atoms with Crippen LogP contribution in [-0.2, 0) is 11.2 Å². The minimum absolute atomic E-state index is 0.153. The molecule has 2 heterocycles. The Labute approximate surface area is 204 Å². The van der Waals surface area contributed by atoms with E-state index in [-0.39, 0.29) is 5.91 Å². The first kappa shape index (κ1) is 24.0. The first-order valence-electron chi connectivity index (χ1n) is 11.8. The number of thioether (sulfide) groups is 1. The number of aryl methyl sites for hydroxylation is 1. The molecule has 0 N–H and O–H groups in total. The lowest BCUT2D eigenvalue weighted by atomic mass is 10.0. The van der Waals surface area contributed by atoms with E-state index in [9.17, 15) is 4.79 Å². The average Bonchev–Trinajstić information content (AvgIpc) is 2.98. The van der Waals surface area contributed by atoms with Gasteiger partial charge in [0.05, 0.1) is 17.9 Å². The second-order valence-corrected chi connectivity index (χ2v) is 9.05. The number of amides is 1.